The Kier molecular flexibility index (Phi) is 3.50. The molecule has 2 aromatic rings. The predicted octanol–water partition coefficient (Wildman–Crippen LogP) is 3.54. The fourth-order valence-corrected chi connectivity index (χ4v) is 4.51. The molecule has 0 radical (unpaired) electrons. The van der Waals surface area contributed by atoms with Gasteiger partial charge >= 0.3 is 0 Å². The first-order valence-electron chi connectivity index (χ1n) is 8.60. The van der Waals surface area contributed by atoms with Gasteiger partial charge in [-0.1, -0.05) is 18.2 Å². The van der Waals surface area contributed by atoms with Gasteiger partial charge in [0, 0.05) is 17.4 Å². The molecule has 1 atom stereocenters. The zero-order valence-electron chi connectivity index (χ0n) is 13.8. The molecular weight excluding hydrogens is 272 g/mol. The fourth-order valence-electron chi connectivity index (χ4n) is 4.51. The highest BCUT2D eigenvalue weighted by Crippen LogP contribution is 2.47. The van der Waals surface area contributed by atoms with Crippen molar-refractivity contribution in [3.05, 3.63) is 35.5 Å². The summed E-state index contributed by atoms with van der Waals surface area (Å²) < 4.78 is 9.00. The molecule has 3 nitrogen and oxygen atoms in total. The molecule has 118 valence electrons. The molecular formula is C19H26N2O. The number of nitrogens with zero attached hydrogens (tertiary/aromatic N) is 2. The van der Waals surface area contributed by atoms with E-state index in [1.165, 1.54) is 35.9 Å². The lowest BCUT2D eigenvalue weighted by Crippen LogP contribution is -2.41. The molecule has 22 heavy (non-hydrogen) atoms. The first kappa shape index (κ1) is 14.3. The Bertz CT molecular complexity index is 639. The number of rotatable bonds is 4. The number of ether oxygens (including phenoxy) is 1. The van der Waals surface area contributed by atoms with E-state index in [0.29, 0.717) is 0 Å². The van der Waals surface area contributed by atoms with Gasteiger partial charge in [-0.3, -0.25) is 0 Å². The Balaban J connectivity index is 1.80. The number of aromatic nitrogens is 1. The normalized spacial score (nSPS) is 24.0. The van der Waals surface area contributed by atoms with E-state index in [1.807, 2.05) is 0 Å². The highest BCUT2D eigenvalue weighted by Gasteiger charge is 2.43. The highest BCUT2D eigenvalue weighted by molar-refractivity contribution is 5.86. The molecule has 3 heteroatoms. The molecule has 0 N–H and O–H groups in total. The van der Waals surface area contributed by atoms with Gasteiger partial charge in [0.1, 0.15) is 5.60 Å². The summed E-state index contributed by atoms with van der Waals surface area (Å²) in [4.78, 5) is 2.28. The minimum Gasteiger partial charge on any atom is -0.368 e. The van der Waals surface area contributed by atoms with Crippen molar-refractivity contribution in [1.82, 2.24) is 9.47 Å². The maximum Gasteiger partial charge on any atom is 0.108 e. The zero-order valence-corrected chi connectivity index (χ0v) is 13.8. The minimum absolute atomic E-state index is 0.0269. The van der Waals surface area contributed by atoms with E-state index < -0.39 is 0 Å². The van der Waals surface area contributed by atoms with Gasteiger partial charge in [0.15, 0.2) is 0 Å². The standard InChI is InChI=1S/C19H26N2O/c1-20(2)12-5-10-19-11-6-13-21-17-8-4-3-7-15(17)16(18(19)21)9-14-22-19/h3-4,7-8H,5-6,9-14H2,1-2H3. The van der Waals surface area contributed by atoms with Gasteiger partial charge in [-0.25, -0.2) is 0 Å². The second kappa shape index (κ2) is 5.39. The molecule has 1 aromatic carbocycles. The summed E-state index contributed by atoms with van der Waals surface area (Å²) in [7, 11) is 4.31. The van der Waals surface area contributed by atoms with E-state index in [2.05, 4.69) is 47.8 Å². The van der Waals surface area contributed by atoms with Crippen LogP contribution >= 0.6 is 0 Å². The van der Waals surface area contributed by atoms with Crippen LogP contribution < -0.4 is 0 Å². The smallest absolute Gasteiger partial charge is 0.108 e. The average Bonchev–Trinajstić information content (AvgIpc) is 2.85. The Morgan fingerprint density at radius 2 is 2.14 bits per heavy atom. The van der Waals surface area contributed by atoms with Crippen LogP contribution in [0.3, 0.4) is 0 Å². The topological polar surface area (TPSA) is 17.4 Å². The first-order valence-corrected chi connectivity index (χ1v) is 8.60. The highest BCUT2D eigenvalue weighted by atomic mass is 16.5. The van der Waals surface area contributed by atoms with E-state index >= 15 is 0 Å². The summed E-state index contributed by atoms with van der Waals surface area (Å²) in [6.07, 6.45) is 5.83. The molecule has 0 aliphatic carbocycles. The third kappa shape index (κ3) is 2.10. The molecule has 0 saturated carbocycles. The predicted molar refractivity (Wildman–Crippen MR) is 90.3 cm³/mol. The molecule has 1 aromatic heterocycles. The molecule has 2 aliphatic heterocycles. The van der Waals surface area contributed by atoms with E-state index in [1.54, 1.807) is 5.56 Å². The maximum atomic E-state index is 6.45. The molecule has 2 aliphatic rings. The van der Waals surface area contributed by atoms with Crippen LogP contribution in [-0.2, 0) is 23.3 Å². The largest absolute Gasteiger partial charge is 0.368 e. The lowest BCUT2D eigenvalue weighted by atomic mass is 9.81. The Morgan fingerprint density at radius 1 is 1.27 bits per heavy atom. The molecule has 0 bridgehead atoms. The monoisotopic (exact) mass is 298 g/mol. The van der Waals surface area contributed by atoms with Crippen LogP contribution in [0.1, 0.15) is 36.9 Å². The van der Waals surface area contributed by atoms with Crippen LogP contribution in [0.25, 0.3) is 10.9 Å². The quantitative estimate of drug-likeness (QED) is 0.859. The van der Waals surface area contributed by atoms with Crippen molar-refractivity contribution in [3.63, 3.8) is 0 Å². The van der Waals surface area contributed by atoms with Gasteiger partial charge < -0.3 is 14.2 Å². The van der Waals surface area contributed by atoms with Crippen molar-refractivity contribution in [1.29, 1.82) is 0 Å². The van der Waals surface area contributed by atoms with Crippen LogP contribution in [0.2, 0.25) is 0 Å². The number of aryl methyl sites for hydroxylation is 1. The van der Waals surface area contributed by atoms with Crippen LogP contribution in [0.15, 0.2) is 24.3 Å². The Labute approximate surface area is 132 Å². The Morgan fingerprint density at radius 3 is 3.00 bits per heavy atom. The van der Waals surface area contributed by atoms with Gasteiger partial charge in [-0.2, -0.15) is 0 Å². The van der Waals surface area contributed by atoms with Crippen LogP contribution in [0.5, 0.6) is 0 Å². The van der Waals surface area contributed by atoms with Crippen molar-refractivity contribution in [3.8, 4) is 0 Å². The average molecular weight is 298 g/mol. The molecule has 0 saturated heterocycles. The third-order valence-corrected chi connectivity index (χ3v) is 5.39. The third-order valence-electron chi connectivity index (χ3n) is 5.39. The number of fused-ring (bicyclic) bond motifs is 3. The van der Waals surface area contributed by atoms with Gasteiger partial charge in [-0.05, 0) is 64.4 Å². The van der Waals surface area contributed by atoms with Gasteiger partial charge in [0.25, 0.3) is 0 Å². The van der Waals surface area contributed by atoms with E-state index in [4.69, 9.17) is 4.74 Å². The molecule has 4 rings (SSSR count). The Hall–Kier alpha value is -1.32. The summed E-state index contributed by atoms with van der Waals surface area (Å²) >= 11 is 0. The summed E-state index contributed by atoms with van der Waals surface area (Å²) in [6, 6.07) is 8.92. The van der Waals surface area contributed by atoms with E-state index in [9.17, 15) is 0 Å². The van der Waals surface area contributed by atoms with Crippen molar-refractivity contribution < 1.29 is 4.74 Å². The second-order valence-corrected chi connectivity index (χ2v) is 7.10. The zero-order chi connectivity index (χ0) is 15.2. The molecule has 0 amide bonds. The second-order valence-electron chi connectivity index (χ2n) is 7.10. The summed E-state index contributed by atoms with van der Waals surface area (Å²) in [5.41, 5.74) is 4.45. The number of para-hydroxylation sites is 1. The number of hydrogen-bond donors (Lipinski definition) is 0. The summed E-state index contributed by atoms with van der Waals surface area (Å²) in [5.74, 6) is 0. The van der Waals surface area contributed by atoms with Crippen LogP contribution in [0, 0.1) is 0 Å². The van der Waals surface area contributed by atoms with Crippen molar-refractivity contribution >= 4 is 10.9 Å². The van der Waals surface area contributed by atoms with Gasteiger partial charge in [0.05, 0.1) is 12.3 Å². The maximum absolute atomic E-state index is 6.45. The summed E-state index contributed by atoms with van der Waals surface area (Å²) in [6.45, 7) is 3.16. The lowest BCUT2D eigenvalue weighted by molar-refractivity contribution is -0.0882. The molecule has 0 spiro atoms. The minimum atomic E-state index is -0.0269. The van der Waals surface area contributed by atoms with Crippen molar-refractivity contribution in [2.75, 3.05) is 27.2 Å². The van der Waals surface area contributed by atoms with Gasteiger partial charge in [-0.15, -0.1) is 0 Å². The lowest BCUT2D eigenvalue weighted by Gasteiger charge is -2.42. The number of hydrogen-bond acceptors (Lipinski definition) is 2. The van der Waals surface area contributed by atoms with Crippen molar-refractivity contribution in [2.24, 2.45) is 0 Å². The van der Waals surface area contributed by atoms with Gasteiger partial charge in [0.2, 0.25) is 0 Å². The summed E-state index contributed by atoms with van der Waals surface area (Å²) in [5, 5.41) is 1.46. The first-order chi connectivity index (χ1) is 10.7. The fraction of sp³-hybridized carbons (Fsp3) is 0.579. The van der Waals surface area contributed by atoms with Crippen LogP contribution in [-0.4, -0.2) is 36.7 Å². The number of benzene rings is 1. The van der Waals surface area contributed by atoms with E-state index in [0.717, 1.165) is 32.5 Å². The molecule has 0 fully saturated rings. The van der Waals surface area contributed by atoms with E-state index in [-0.39, 0.29) is 5.60 Å². The van der Waals surface area contributed by atoms with Crippen molar-refractivity contribution in [2.45, 2.75) is 44.2 Å². The molecule has 3 heterocycles. The SMILES string of the molecule is CN(C)CCCC12CCCn3c1c(c1ccccc13)CCO2. The molecule has 1 unspecified atom stereocenters. The van der Waals surface area contributed by atoms with Crippen LogP contribution in [0.4, 0.5) is 0 Å².